The predicted octanol–water partition coefficient (Wildman–Crippen LogP) is 3.73. The molecule has 7 nitrogen and oxygen atoms in total. The number of carbonyl (C=O) groups excluding carboxylic acids is 1. The molecule has 38 heavy (non-hydrogen) atoms. The van der Waals surface area contributed by atoms with Crippen molar-refractivity contribution in [3.63, 3.8) is 0 Å². The predicted molar refractivity (Wildman–Crippen MR) is 134 cm³/mol. The highest BCUT2D eigenvalue weighted by Crippen LogP contribution is 2.40. The number of alkyl halides is 4. The molecular formula is C25H35BF4N2O5S. The summed E-state index contributed by atoms with van der Waals surface area (Å²) in [4.78, 5) is 14.3. The van der Waals surface area contributed by atoms with Crippen molar-refractivity contribution < 1.29 is 40.1 Å². The highest BCUT2D eigenvalue weighted by molar-refractivity contribution is 7.89. The van der Waals surface area contributed by atoms with E-state index in [1.165, 1.54) is 13.1 Å². The summed E-state index contributed by atoms with van der Waals surface area (Å²) in [5, 5.41) is 0. The maximum atomic E-state index is 14.7. The molecule has 1 saturated carbocycles. The van der Waals surface area contributed by atoms with Gasteiger partial charge in [0.05, 0.1) is 22.6 Å². The molecule has 0 aromatic heterocycles. The molecule has 3 fully saturated rings. The monoisotopic (exact) mass is 562 g/mol. The average Bonchev–Trinajstić information content (AvgIpc) is 3.24. The Morgan fingerprint density at radius 3 is 2.13 bits per heavy atom. The summed E-state index contributed by atoms with van der Waals surface area (Å²) in [7, 11) is -4.34. The Bertz CT molecular complexity index is 1180. The topological polar surface area (TPSA) is 76.2 Å². The average molecular weight is 562 g/mol. The van der Waals surface area contributed by atoms with Crippen LogP contribution in [-0.2, 0) is 24.1 Å². The van der Waals surface area contributed by atoms with Crippen LogP contribution < -0.4 is 5.46 Å². The van der Waals surface area contributed by atoms with Crippen LogP contribution in [-0.4, -0.2) is 79.4 Å². The van der Waals surface area contributed by atoms with Crippen molar-refractivity contribution in [1.82, 2.24) is 9.21 Å². The Morgan fingerprint density at radius 1 is 1.03 bits per heavy atom. The van der Waals surface area contributed by atoms with Crippen molar-refractivity contribution >= 4 is 28.5 Å². The highest BCUT2D eigenvalue weighted by Gasteiger charge is 2.56. The lowest BCUT2D eigenvalue weighted by Gasteiger charge is -2.36. The molecule has 1 atom stereocenters. The van der Waals surface area contributed by atoms with Crippen LogP contribution in [0.25, 0.3) is 0 Å². The molecule has 0 spiro atoms. The second-order valence-corrected chi connectivity index (χ2v) is 13.7. The number of hydrogen-bond acceptors (Lipinski definition) is 5. The van der Waals surface area contributed by atoms with Crippen molar-refractivity contribution in [2.75, 3.05) is 13.6 Å². The molecule has 1 aromatic rings. The van der Waals surface area contributed by atoms with Crippen LogP contribution >= 0.6 is 0 Å². The van der Waals surface area contributed by atoms with Crippen LogP contribution in [0.4, 0.5) is 17.6 Å². The van der Waals surface area contributed by atoms with Gasteiger partial charge in [0, 0.05) is 37.8 Å². The van der Waals surface area contributed by atoms with Crippen LogP contribution in [0, 0.1) is 6.92 Å². The Labute approximate surface area is 222 Å². The fourth-order valence-electron chi connectivity index (χ4n) is 5.26. The van der Waals surface area contributed by atoms with E-state index in [-0.39, 0.29) is 23.2 Å². The van der Waals surface area contributed by atoms with Gasteiger partial charge in [-0.3, -0.25) is 4.79 Å². The van der Waals surface area contributed by atoms with Crippen molar-refractivity contribution in [2.45, 2.75) is 107 Å². The lowest BCUT2D eigenvalue weighted by atomic mass is 9.78. The number of aryl methyl sites for hydroxylation is 1. The molecule has 13 heteroatoms. The van der Waals surface area contributed by atoms with Gasteiger partial charge in [-0.25, -0.2) is 26.0 Å². The first-order valence-corrected chi connectivity index (χ1v) is 14.2. The lowest BCUT2D eigenvalue weighted by molar-refractivity contribution is -0.138. The van der Waals surface area contributed by atoms with E-state index in [0.29, 0.717) is 9.87 Å². The van der Waals surface area contributed by atoms with Crippen LogP contribution in [0.3, 0.4) is 0 Å². The molecule has 3 aliphatic rings. The summed E-state index contributed by atoms with van der Waals surface area (Å²) < 4.78 is 97.2. The number of halogens is 4. The smallest absolute Gasteiger partial charge is 0.399 e. The number of rotatable bonds is 5. The maximum absolute atomic E-state index is 14.7. The van der Waals surface area contributed by atoms with E-state index in [2.05, 4.69) is 0 Å². The summed E-state index contributed by atoms with van der Waals surface area (Å²) in [5.74, 6) is -7.10. The molecule has 1 aliphatic carbocycles. The second kappa shape index (κ2) is 9.45. The van der Waals surface area contributed by atoms with E-state index in [4.69, 9.17) is 9.31 Å². The van der Waals surface area contributed by atoms with Gasteiger partial charge in [-0.15, -0.1) is 0 Å². The third-order valence-corrected chi connectivity index (χ3v) is 10.3. The second-order valence-electron chi connectivity index (χ2n) is 11.8. The van der Waals surface area contributed by atoms with Crippen molar-refractivity contribution in [2.24, 2.45) is 0 Å². The Hall–Kier alpha value is -1.70. The van der Waals surface area contributed by atoms with Gasteiger partial charge in [0.2, 0.25) is 21.9 Å². The quantitative estimate of drug-likeness (QED) is 0.404. The minimum atomic E-state index is -4.62. The number of sulfonamides is 1. The fraction of sp³-hybridized carbons (Fsp3) is 0.720. The first-order valence-electron chi connectivity index (χ1n) is 12.8. The molecule has 4 rings (SSSR count). The molecule has 2 saturated heterocycles. The van der Waals surface area contributed by atoms with Gasteiger partial charge in [0.1, 0.15) is 6.04 Å². The molecule has 0 unspecified atom stereocenters. The van der Waals surface area contributed by atoms with Crippen molar-refractivity contribution in [1.29, 1.82) is 0 Å². The first-order chi connectivity index (χ1) is 17.3. The fourth-order valence-corrected chi connectivity index (χ4v) is 7.07. The van der Waals surface area contributed by atoms with Gasteiger partial charge < -0.3 is 14.2 Å². The van der Waals surface area contributed by atoms with Gasteiger partial charge in [0.25, 0.3) is 5.92 Å². The number of carbonyl (C=O) groups is 1. The van der Waals surface area contributed by atoms with Crippen LogP contribution in [0.5, 0.6) is 0 Å². The lowest BCUT2D eigenvalue weighted by Crippen LogP contribution is -2.51. The third-order valence-electron chi connectivity index (χ3n) is 8.35. The zero-order valence-electron chi connectivity index (χ0n) is 22.6. The third kappa shape index (κ3) is 5.35. The molecule has 0 bridgehead atoms. The summed E-state index contributed by atoms with van der Waals surface area (Å²) in [6.07, 6.45) is -1.81. The largest absolute Gasteiger partial charge is 0.496 e. The first kappa shape index (κ1) is 29.3. The molecule has 0 N–H and O–H groups in total. The summed E-state index contributed by atoms with van der Waals surface area (Å²) in [6, 6.07) is 2.18. The minimum absolute atomic E-state index is 0.00907. The van der Waals surface area contributed by atoms with E-state index in [0.717, 1.165) is 4.90 Å². The van der Waals surface area contributed by atoms with Gasteiger partial charge in [-0.2, -0.15) is 4.31 Å². The molecule has 2 heterocycles. The summed E-state index contributed by atoms with van der Waals surface area (Å²) in [5.41, 5.74) is -0.683. The minimum Gasteiger partial charge on any atom is -0.399 e. The van der Waals surface area contributed by atoms with Crippen LogP contribution in [0.2, 0.25) is 0 Å². The zero-order chi connectivity index (χ0) is 28.5. The summed E-state index contributed by atoms with van der Waals surface area (Å²) >= 11 is 0. The van der Waals surface area contributed by atoms with Crippen molar-refractivity contribution in [3.05, 3.63) is 23.8 Å². The normalized spacial score (nSPS) is 27.0. The molecule has 1 aromatic carbocycles. The molecule has 212 valence electrons. The van der Waals surface area contributed by atoms with E-state index in [9.17, 15) is 30.8 Å². The molecule has 1 amide bonds. The van der Waals surface area contributed by atoms with E-state index in [1.54, 1.807) is 19.1 Å². The molecule has 2 aliphatic heterocycles. The molecular weight excluding hydrogens is 527 g/mol. The van der Waals surface area contributed by atoms with Gasteiger partial charge in [0.15, 0.2) is 0 Å². The SMILES string of the molecule is Cc1ccc(S(=O)(=O)N2CC(F)(F)C[C@H]2C(=O)N(C)C2CCC(F)(F)CC2)c(B2OC(C)(C)C(C)(C)O2)c1. The number of nitrogens with zero attached hydrogens (tertiary/aromatic N) is 2. The van der Waals surface area contributed by atoms with Gasteiger partial charge in [-0.05, 0) is 53.5 Å². The zero-order valence-corrected chi connectivity index (χ0v) is 23.4. The number of hydrogen-bond donors (Lipinski definition) is 0. The number of benzene rings is 1. The number of likely N-dealkylation sites (N-methyl/N-ethyl adjacent to an activating group) is 1. The van der Waals surface area contributed by atoms with E-state index >= 15 is 0 Å². The van der Waals surface area contributed by atoms with Crippen molar-refractivity contribution in [3.8, 4) is 0 Å². The highest BCUT2D eigenvalue weighted by atomic mass is 32.2. The molecule has 0 radical (unpaired) electrons. The van der Waals surface area contributed by atoms with Gasteiger partial charge >= 0.3 is 7.12 Å². The Balaban J connectivity index is 1.67. The van der Waals surface area contributed by atoms with Crippen LogP contribution in [0.1, 0.15) is 65.4 Å². The van der Waals surface area contributed by atoms with E-state index < -0.39 is 84.0 Å². The summed E-state index contributed by atoms with van der Waals surface area (Å²) in [6.45, 7) is 7.82. The Kier molecular flexibility index (Phi) is 7.28. The maximum Gasteiger partial charge on any atom is 0.496 e. The number of amides is 1. The van der Waals surface area contributed by atoms with Crippen LogP contribution in [0.15, 0.2) is 23.1 Å². The standard InChI is InChI=1S/C25H35BF4N2O5S/c1-16-7-8-20(18(13-16)26-36-22(2,3)23(4,5)37-26)38(34,35)32-15-25(29,30)14-19(32)21(33)31(6)17-9-11-24(27,28)12-10-17/h7-8,13,17,19H,9-12,14-15H2,1-6H3/t19-/m0/s1. The Morgan fingerprint density at radius 2 is 1.58 bits per heavy atom. The van der Waals surface area contributed by atoms with Gasteiger partial charge in [-0.1, -0.05) is 17.7 Å². The van der Waals surface area contributed by atoms with E-state index in [1.807, 2.05) is 27.7 Å².